The van der Waals surface area contributed by atoms with Crippen molar-refractivity contribution in [2.24, 2.45) is 5.92 Å². The molecule has 28 heteroatoms. The highest BCUT2D eigenvalue weighted by molar-refractivity contribution is 5.95. The Morgan fingerprint density at radius 1 is 0.534 bits per heavy atom. The van der Waals surface area contributed by atoms with Gasteiger partial charge in [0.2, 0.25) is 17.7 Å². The van der Waals surface area contributed by atoms with Crippen LogP contribution in [-0.4, -0.2) is 256 Å². The summed E-state index contributed by atoms with van der Waals surface area (Å²) in [5.74, 6) is -2.09. The second-order valence-corrected chi connectivity index (χ2v) is 17.9. The Labute approximate surface area is 426 Å². The fraction of sp³-hybridized carbons (Fsp3) is 0.867. The van der Waals surface area contributed by atoms with E-state index in [4.69, 9.17) is 80.5 Å². The first kappa shape index (κ1) is 60.4. The molecule has 0 aromatic carbocycles. The minimum atomic E-state index is -1.15. The Kier molecular flexibility index (Phi) is 24.1. The summed E-state index contributed by atoms with van der Waals surface area (Å²) in [6, 6.07) is -0.617. The van der Waals surface area contributed by atoms with Gasteiger partial charge in [-0.15, -0.1) is 5.53 Å². The molecule has 0 aromatic rings. The van der Waals surface area contributed by atoms with Crippen molar-refractivity contribution < 1.29 is 99.7 Å². The number of nitrogens with zero attached hydrogens (tertiary/aromatic N) is 1. The molecule has 5 heterocycles. The number of ether oxygens (including phenoxy) is 17. The van der Waals surface area contributed by atoms with Crippen LogP contribution in [0.25, 0.3) is 0 Å². The molecular weight excluding hydrogens is 975 g/mol. The van der Waals surface area contributed by atoms with Crippen LogP contribution in [0.1, 0.15) is 20.8 Å². The summed E-state index contributed by atoms with van der Waals surface area (Å²) in [7, 11) is 16.5. The highest BCUT2D eigenvalue weighted by atomic mass is 16.8. The number of methoxy groups -OCH3 is 11. The van der Waals surface area contributed by atoms with Crippen molar-refractivity contribution in [2.45, 2.75) is 137 Å². The lowest BCUT2D eigenvalue weighted by atomic mass is 9.90. The van der Waals surface area contributed by atoms with Gasteiger partial charge in [0.05, 0.1) is 51.2 Å². The van der Waals surface area contributed by atoms with Crippen LogP contribution in [0.4, 0.5) is 0 Å². The third-order valence-corrected chi connectivity index (χ3v) is 13.5. The van der Waals surface area contributed by atoms with Crippen molar-refractivity contribution in [3.63, 3.8) is 0 Å². The van der Waals surface area contributed by atoms with Crippen LogP contribution in [0, 0.1) is 5.92 Å². The third kappa shape index (κ3) is 14.5. The molecule has 0 aromatic heterocycles. The van der Waals surface area contributed by atoms with E-state index in [-0.39, 0.29) is 56.5 Å². The lowest BCUT2D eigenvalue weighted by Gasteiger charge is -2.51. The molecule has 5 aliphatic heterocycles. The molecule has 6 N–H and O–H groups in total. The van der Waals surface area contributed by atoms with E-state index in [1.165, 1.54) is 77.1 Å². The van der Waals surface area contributed by atoms with Crippen LogP contribution in [0.5, 0.6) is 0 Å². The Morgan fingerprint density at radius 3 is 1.48 bits per heavy atom. The van der Waals surface area contributed by atoms with E-state index in [1.54, 1.807) is 19.2 Å². The van der Waals surface area contributed by atoms with Gasteiger partial charge in [-0.3, -0.25) is 29.6 Å². The molecule has 4 amide bonds. The van der Waals surface area contributed by atoms with Crippen molar-refractivity contribution in [3.05, 3.63) is 11.9 Å². The molecule has 28 nitrogen and oxygen atoms in total. The number of hydrazine groups is 2. The fourth-order valence-corrected chi connectivity index (χ4v) is 9.93. The van der Waals surface area contributed by atoms with Gasteiger partial charge in [-0.2, -0.15) is 0 Å². The topological polar surface area (TPSA) is 301 Å². The summed E-state index contributed by atoms with van der Waals surface area (Å²) in [6.07, 6.45) is -13.4. The summed E-state index contributed by atoms with van der Waals surface area (Å²) < 4.78 is 103. The van der Waals surface area contributed by atoms with Crippen LogP contribution in [-0.2, 0) is 99.7 Å². The zero-order chi connectivity index (χ0) is 53.5. The second kappa shape index (κ2) is 29.1. The maximum atomic E-state index is 13.4. The highest BCUT2D eigenvalue weighted by Gasteiger charge is 2.56. The molecule has 420 valence electrons. The molecule has 0 radical (unpaired) electrons. The Bertz CT molecular complexity index is 1780. The van der Waals surface area contributed by atoms with E-state index in [0.29, 0.717) is 0 Å². The lowest BCUT2D eigenvalue weighted by molar-refractivity contribution is -0.376. The lowest BCUT2D eigenvalue weighted by Crippen LogP contribution is -2.69. The van der Waals surface area contributed by atoms with E-state index in [0.717, 1.165) is 0 Å². The average Bonchev–Trinajstić information content (AvgIpc) is 3.86. The molecule has 4 saturated heterocycles. The summed E-state index contributed by atoms with van der Waals surface area (Å²) in [4.78, 5) is 50.8. The zero-order valence-electron chi connectivity index (χ0n) is 44.2. The van der Waals surface area contributed by atoms with Gasteiger partial charge in [-0.1, -0.05) is 6.92 Å². The van der Waals surface area contributed by atoms with Crippen molar-refractivity contribution in [1.82, 2.24) is 37.2 Å². The number of rotatable bonds is 26. The summed E-state index contributed by atoms with van der Waals surface area (Å²) in [5.41, 5.74) is 5.94. The molecule has 4 fully saturated rings. The monoisotopic (exact) mass is 1050 g/mol. The predicted octanol–water partition coefficient (Wildman–Crippen LogP) is -3.61. The zero-order valence-corrected chi connectivity index (χ0v) is 44.2. The summed E-state index contributed by atoms with van der Waals surface area (Å²) >= 11 is 0. The Balaban J connectivity index is 1.27. The first-order valence-electron chi connectivity index (χ1n) is 23.9. The average molecular weight is 1050 g/mol. The summed E-state index contributed by atoms with van der Waals surface area (Å²) in [6.45, 7) is 4.69. The normalized spacial score (nSPS) is 37.7. The van der Waals surface area contributed by atoms with E-state index in [9.17, 15) is 19.2 Å². The van der Waals surface area contributed by atoms with Gasteiger partial charge in [0.15, 0.2) is 25.0 Å². The van der Waals surface area contributed by atoms with Gasteiger partial charge < -0.3 is 102 Å². The predicted molar refractivity (Wildman–Crippen MR) is 249 cm³/mol. The molecular formula is C45H79N7O21. The van der Waals surface area contributed by atoms with Crippen molar-refractivity contribution >= 4 is 23.6 Å². The van der Waals surface area contributed by atoms with Gasteiger partial charge >= 0.3 is 0 Å². The fourth-order valence-electron chi connectivity index (χ4n) is 9.93. The molecule has 5 aliphatic rings. The molecule has 73 heavy (non-hydrogen) atoms. The quantitative estimate of drug-likeness (QED) is 0.0488. The first-order chi connectivity index (χ1) is 35.1. The molecule has 20 atom stereocenters. The Hall–Kier alpha value is -3.50. The van der Waals surface area contributed by atoms with Gasteiger partial charge in [-0.05, 0) is 6.92 Å². The number of hydrogen-bond donors (Lipinski definition) is 6. The van der Waals surface area contributed by atoms with E-state index in [1.807, 2.05) is 13.8 Å². The van der Waals surface area contributed by atoms with Crippen LogP contribution < -0.4 is 32.2 Å². The summed E-state index contributed by atoms with van der Waals surface area (Å²) in [5, 5.41) is 12.2. The standard InChI is InChI=1S/C45H79N7O21/c1-21-25(18-57-4)69-42(37(64-11)31(21)60-7)49-29(55)16-47-41(56)24-17-52(51-50-24)30-22(2)68-44(39(66-13)34(30)61-8)72-33-27(20-59-6)71-45(40(67-14)36(33)63-10)73-32-26(19-58-5)70-43(38(65-12)35(32)62-9)48-28(54)15-46-23(3)53/h17,21-22,25-27,30-40,42-45,50-51H,15-16,18-20H2,1-14H3,(H,46,53)(H,47,56)(H,48,54)(H,49,55)/t21-,22?,25?,26?,27?,30-,31-,32-,33-,34-,35-,36-,37?,38?,39?,40?,42?,43?,44-,45-/m0/s1. The molecule has 10 unspecified atom stereocenters. The largest absolute Gasteiger partial charge is 0.382 e. The SMILES string of the molecule is COCC1OC(NC(=O)CNC(=O)C2=CN([C@H]3C(C)O[C@@H](O[C@H]4C(COC)O[C@@H](O[C@H]5C(COC)OC(NC(=O)CNC(C)=O)C(OC)[C@H]5OC)C(OC)[C@H]4OC)C(OC)[C@H]3OC)NN2)C(OC)[C@@H](OC)[C@H]1C. The van der Waals surface area contributed by atoms with Gasteiger partial charge in [0, 0.05) is 97.2 Å². The number of hydrogen-bond acceptors (Lipinski definition) is 24. The molecule has 0 saturated carbocycles. The first-order valence-corrected chi connectivity index (χ1v) is 23.9. The van der Waals surface area contributed by atoms with Crippen LogP contribution >= 0.6 is 0 Å². The molecule has 0 spiro atoms. The maximum Gasteiger partial charge on any atom is 0.270 e. The number of carbonyl (C=O) groups is 4. The Morgan fingerprint density at radius 2 is 0.973 bits per heavy atom. The van der Waals surface area contributed by atoms with Crippen molar-refractivity contribution in [1.29, 1.82) is 0 Å². The molecule has 5 rings (SSSR count). The van der Waals surface area contributed by atoms with Crippen LogP contribution in [0.3, 0.4) is 0 Å². The third-order valence-electron chi connectivity index (χ3n) is 13.5. The van der Waals surface area contributed by atoms with Gasteiger partial charge in [-0.25, -0.2) is 0 Å². The molecule has 0 bridgehead atoms. The smallest absolute Gasteiger partial charge is 0.270 e. The maximum absolute atomic E-state index is 13.4. The molecule has 0 aliphatic carbocycles. The van der Waals surface area contributed by atoms with E-state index < -0.39 is 128 Å². The van der Waals surface area contributed by atoms with Crippen molar-refractivity contribution in [2.75, 3.05) is 111 Å². The number of carbonyl (C=O) groups excluding carboxylic acids is 4. The van der Waals surface area contributed by atoms with Gasteiger partial charge in [0.1, 0.15) is 78.9 Å². The van der Waals surface area contributed by atoms with E-state index >= 15 is 0 Å². The van der Waals surface area contributed by atoms with Gasteiger partial charge in [0.25, 0.3) is 5.91 Å². The minimum absolute atomic E-state index is 0.00164. The highest BCUT2D eigenvalue weighted by Crippen LogP contribution is 2.37. The van der Waals surface area contributed by atoms with Crippen LogP contribution in [0.2, 0.25) is 0 Å². The van der Waals surface area contributed by atoms with Crippen molar-refractivity contribution in [3.8, 4) is 0 Å². The van der Waals surface area contributed by atoms with E-state index in [2.05, 4.69) is 32.2 Å². The second-order valence-electron chi connectivity index (χ2n) is 17.9. The minimum Gasteiger partial charge on any atom is -0.382 e. The van der Waals surface area contributed by atoms with Crippen LogP contribution in [0.15, 0.2) is 11.9 Å². The number of nitrogens with one attached hydrogen (secondary N) is 6. The number of amides is 4.